The Morgan fingerprint density at radius 3 is 2.39 bits per heavy atom. The van der Waals surface area contributed by atoms with Crippen LogP contribution in [0.3, 0.4) is 0 Å². The lowest BCUT2D eigenvalue weighted by molar-refractivity contribution is -0.146. The van der Waals surface area contributed by atoms with E-state index in [1.54, 1.807) is 38.6 Å². The van der Waals surface area contributed by atoms with E-state index in [1.807, 2.05) is 51.1 Å². The van der Waals surface area contributed by atoms with Crippen LogP contribution < -0.4 is 4.90 Å². The molecule has 2 bridgehead atoms. The molecule has 1 spiro atoms. The maximum atomic E-state index is 14.4. The number of anilines is 1. The first-order chi connectivity index (χ1) is 18.2. The Labute approximate surface area is 230 Å². The molecule has 38 heavy (non-hydrogen) atoms. The molecule has 3 fully saturated rings. The first-order valence-electron chi connectivity index (χ1n) is 13.7. The van der Waals surface area contributed by atoms with Crippen LogP contribution in [0.25, 0.3) is 0 Å². The summed E-state index contributed by atoms with van der Waals surface area (Å²) in [6.07, 6.45) is 4.69. The third kappa shape index (κ3) is 4.30. The Morgan fingerprint density at radius 1 is 1.18 bits per heavy atom. The quantitative estimate of drug-likeness (QED) is 0.434. The van der Waals surface area contributed by atoms with E-state index in [2.05, 4.69) is 20.1 Å². The smallest absolute Gasteiger partial charge is 0.247 e. The van der Waals surface area contributed by atoms with E-state index in [-0.39, 0.29) is 41.5 Å². The molecule has 8 heteroatoms. The fraction of sp³-hybridized carbons (Fsp3) is 0.567. The van der Waals surface area contributed by atoms with Gasteiger partial charge in [0.05, 0.1) is 29.2 Å². The molecule has 1 aromatic rings. The first kappa shape index (κ1) is 28.4. The minimum Gasteiger partial charge on any atom is -0.394 e. The van der Waals surface area contributed by atoms with Gasteiger partial charge in [0, 0.05) is 30.1 Å². The van der Waals surface area contributed by atoms with Gasteiger partial charge in [-0.3, -0.25) is 14.4 Å². The van der Waals surface area contributed by atoms with Gasteiger partial charge in [-0.2, -0.15) is 0 Å². The average Bonchev–Trinajstić information content (AvgIpc) is 3.50. The number of aliphatic hydroxyl groups excluding tert-OH is 1. The highest BCUT2D eigenvalue weighted by Crippen LogP contribution is 2.69. The van der Waals surface area contributed by atoms with Crippen molar-refractivity contribution in [3.05, 3.63) is 55.6 Å². The molecule has 3 unspecified atom stereocenters. The summed E-state index contributed by atoms with van der Waals surface area (Å²) in [6.45, 7) is 16.1. The van der Waals surface area contributed by atoms with Crippen molar-refractivity contribution in [1.82, 2.24) is 9.80 Å². The summed E-state index contributed by atoms with van der Waals surface area (Å²) in [6, 6.07) is 8.15. The summed E-state index contributed by atoms with van der Waals surface area (Å²) in [5.41, 5.74) is 0.765. The number of rotatable bonds is 11. The van der Waals surface area contributed by atoms with E-state index in [1.165, 1.54) is 0 Å². The van der Waals surface area contributed by atoms with Gasteiger partial charge in [-0.25, -0.2) is 0 Å². The molecule has 206 valence electrons. The van der Waals surface area contributed by atoms with Gasteiger partial charge in [-0.1, -0.05) is 44.2 Å². The molecule has 3 saturated heterocycles. The summed E-state index contributed by atoms with van der Waals surface area (Å²) >= 11 is 1.66. The highest BCUT2D eigenvalue weighted by molar-refractivity contribution is 8.02. The molecular formula is C30H41N3O4S. The summed E-state index contributed by atoms with van der Waals surface area (Å²) in [5, 5.41) is 10.3. The fourth-order valence-electron chi connectivity index (χ4n) is 6.92. The van der Waals surface area contributed by atoms with Crippen LogP contribution in [0.2, 0.25) is 0 Å². The number of thioether (sulfide) groups is 1. The van der Waals surface area contributed by atoms with Gasteiger partial charge in [-0.15, -0.1) is 24.9 Å². The predicted molar refractivity (Wildman–Crippen MR) is 153 cm³/mol. The minimum absolute atomic E-state index is 0.0546. The van der Waals surface area contributed by atoms with Crippen molar-refractivity contribution in [2.45, 2.75) is 68.7 Å². The lowest BCUT2D eigenvalue weighted by Gasteiger charge is -2.43. The number of hydrogen-bond donors (Lipinski definition) is 1. The molecule has 4 rings (SSSR count). The van der Waals surface area contributed by atoms with Crippen molar-refractivity contribution in [3.8, 4) is 0 Å². The molecule has 1 aromatic carbocycles. The highest BCUT2D eigenvalue weighted by Gasteiger charge is 2.77. The van der Waals surface area contributed by atoms with E-state index in [0.29, 0.717) is 19.5 Å². The molecule has 0 radical (unpaired) electrons. The minimum atomic E-state index is -0.744. The maximum absolute atomic E-state index is 14.4. The van der Waals surface area contributed by atoms with Gasteiger partial charge >= 0.3 is 0 Å². The lowest BCUT2D eigenvalue weighted by atomic mass is 9.65. The fourth-order valence-corrected chi connectivity index (χ4v) is 9.31. The van der Waals surface area contributed by atoms with Crippen LogP contribution in [0, 0.1) is 17.8 Å². The number of para-hydroxylation sites is 1. The highest BCUT2D eigenvalue weighted by atomic mass is 32.2. The summed E-state index contributed by atoms with van der Waals surface area (Å²) in [7, 11) is 0. The van der Waals surface area contributed by atoms with E-state index in [0.717, 1.165) is 12.1 Å². The Hall–Kier alpha value is -2.58. The number of benzene rings is 1. The normalized spacial score (nSPS) is 30.3. The summed E-state index contributed by atoms with van der Waals surface area (Å²) < 4.78 is -0.730. The van der Waals surface area contributed by atoms with Crippen LogP contribution >= 0.6 is 11.8 Å². The number of carbonyl (C=O) groups excluding carboxylic acids is 3. The van der Waals surface area contributed by atoms with Gasteiger partial charge in [0.25, 0.3) is 0 Å². The topological polar surface area (TPSA) is 81.2 Å². The number of aliphatic hydroxyl groups is 1. The Balaban J connectivity index is 1.83. The molecule has 0 aromatic heterocycles. The molecule has 3 aliphatic heterocycles. The molecule has 1 N–H and O–H groups in total. The molecule has 7 atom stereocenters. The zero-order valence-corrected chi connectivity index (χ0v) is 23.8. The second kappa shape index (κ2) is 11.3. The lowest BCUT2D eigenvalue weighted by Crippen LogP contribution is -2.60. The third-order valence-electron chi connectivity index (χ3n) is 8.66. The molecular weight excluding hydrogens is 498 g/mol. The molecule has 3 amide bonds. The number of amides is 3. The van der Waals surface area contributed by atoms with Gasteiger partial charge in [0.2, 0.25) is 17.7 Å². The molecule has 0 aliphatic carbocycles. The standard InChI is InChI=1S/C30H41N3O4S/c1-7-15-31(19(4)5)29(37)26-30-20(6)17-23(38-30)24(25(30)28(36)33(26)21(9-3)18-34)27(35)32(16-8-2)22-13-11-10-12-14-22/h7-8,10-14,19-21,23-26,34H,1-2,9,15-18H2,3-6H3/t20?,21-,23-,24+,25-,26?,30?/m0/s1. The SMILES string of the molecule is C=CCN(C(=O)[C@@H]1[C@@H]2CC(C)C3(S2)C(C(=O)N(CC=C)C(C)C)N([C@@H](CC)CO)C(=O)[C@H]13)c1ccccc1. The van der Waals surface area contributed by atoms with Crippen LogP contribution in [0.4, 0.5) is 5.69 Å². The van der Waals surface area contributed by atoms with Crippen molar-refractivity contribution >= 4 is 35.2 Å². The number of fused-ring (bicyclic) bond motifs is 1. The molecule has 7 nitrogen and oxygen atoms in total. The van der Waals surface area contributed by atoms with Crippen molar-refractivity contribution < 1.29 is 19.5 Å². The van der Waals surface area contributed by atoms with Crippen LogP contribution in [0.5, 0.6) is 0 Å². The van der Waals surface area contributed by atoms with E-state index < -0.39 is 28.7 Å². The Morgan fingerprint density at radius 2 is 1.84 bits per heavy atom. The van der Waals surface area contributed by atoms with Crippen LogP contribution in [0.1, 0.15) is 40.5 Å². The zero-order valence-electron chi connectivity index (χ0n) is 23.0. The Bertz CT molecular complexity index is 1070. The zero-order chi connectivity index (χ0) is 27.8. The molecule has 3 aliphatic rings. The summed E-state index contributed by atoms with van der Waals surface area (Å²) in [4.78, 5) is 48.2. The second-order valence-electron chi connectivity index (χ2n) is 11.0. The van der Waals surface area contributed by atoms with Crippen molar-refractivity contribution in [2.24, 2.45) is 17.8 Å². The number of nitrogens with zero attached hydrogens (tertiary/aromatic N) is 3. The van der Waals surface area contributed by atoms with Gasteiger partial charge < -0.3 is 19.8 Å². The van der Waals surface area contributed by atoms with Crippen LogP contribution in [-0.2, 0) is 14.4 Å². The number of likely N-dealkylation sites (tertiary alicyclic amines) is 1. The molecule has 3 heterocycles. The first-order valence-corrected chi connectivity index (χ1v) is 14.6. The van der Waals surface area contributed by atoms with E-state index >= 15 is 0 Å². The van der Waals surface area contributed by atoms with E-state index in [4.69, 9.17) is 0 Å². The van der Waals surface area contributed by atoms with Crippen molar-refractivity contribution in [2.75, 3.05) is 24.6 Å². The largest absolute Gasteiger partial charge is 0.394 e. The number of hydrogen-bond acceptors (Lipinski definition) is 5. The maximum Gasteiger partial charge on any atom is 0.247 e. The van der Waals surface area contributed by atoms with Gasteiger partial charge in [0.1, 0.15) is 6.04 Å². The van der Waals surface area contributed by atoms with Crippen LogP contribution in [0.15, 0.2) is 55.6 Å². The number of carbonyl (C=O) groups is 3. The van der Waals surface area contributed by atoms with Gasteiger partial charge in [0.15, 0.2) is 0 Å². The second-order valence-corrected chi connectivity index (χ2v) is 12.5. The molecule has 0 saturated carbocycles. The van der Waals surface area contributed by atoms with Crippen molar-refractivity contribution in [3.63, 3.8) is 0 Å². The van der Waals surface area contributed by atoms with Crippen molar-refractivity contribution in [1.29, 1.82) is 0 Å². The van der Waals surface area contributed by atoms with Gasteiger partial charge in [-0.05, 0) is 44.7 Å². The Kier molecular flexibility index (Phi) is 8.43. The van der Waals surface area contributed by atoms with E-state index in [9.17, 15) is 19.5 Å². The monoisotopic (exact) mass is 539 g/mol. The average molecular weight is 540 g/mol. The third-order valence-corrected chi connectivity index (χ3v) is 10.7. The van der Waals surface area contributed by atoms with Crippen LogP contribution in [-0.4, -0.2) is 80.4 Å². The predicted octanol–water partition coefficient (Wildman–Crippen LogP) is 3.74. The summed E-state index contributed by atoms with van der Waals surface area (Å²) in [5.74, 6) is -1.52.